The van der Waals surface area contributed by atoms with Crippen molar-refractivity contribution in [2.75, 3.05) is 0 Å². The summed E-state index contributed by atoms with van der Waals surface area (Å²) >= 11 is 0. The Labute approximate surface area is 522 Å². The summed E-state index contributed by atoms with van der Waals surface area (Å²) in [5, 5.41) is 15.2. The summed E-state index contributed by atoms with van der Waals surface area (Å²) in [6, 6.07) is 100. The molecule has 0 heteroatoms. The maximum Gasteiger partial charge on any atom is 0.0159 e. The third-order valence-electron chi connectivity index (χ3n) is 20.8. The van der Waals surface area contributed by atoms with Crippen LogP contribution >= 0.6 is 0 Å². The van der Waals surface area contributed by atoms with Crippen molar-refractivity contribution in [2.45, 2.75) is 72.1 Å². The molecule has 15 aromatic rings. The van der Waals surface area contributed by atoms with Gasteiger partial charge in [-0.2, -0.15) is 0 Å². The molecule has 0 atom stereocenters. The van der Waals surface area contributed by atoms with Gasteiger partial charge in [0.15, 0.2) is 0 Å². The van der Waals surface area contributed by atoms with E-state index in [2.05, 4.69) is 316 Å². The lowest BCUT2D eigenvalue weighted by molar-refractivity contribution is 0.660. The molecule has 0 fully saturated rings. The largest absolute Gasteiger partial charge is 0.0619 e. The van der Waals surface area contributed by atoms with Crippen molar-refractivity contribution in [3.05, 3.63) is 300 Å². The minimum Gasteiger partial charge on any atom is -0.0619 e. The van der Waals surface area contributed by atoms with Gasteiger partial charge in [-0.3, -0.25) is 0 Å². The van der Waals surface area contributed by atoms with Gasteiger partial charge in [0, 0.05) is 10.8 Å². The van der Waals surface area contributed by atoms with Crippen molar-refractivity contribution in [1.82, 2.24) is 0 Å². The van der Waals surface area contributed by atoms with Crippen LogP contribution in [-0.4, -0.2) is 0 Å². The number of benzene rings is 15. The van der Waals surface area contributed by atoms with E-state index < -0.39 is 0 Å². The summed E-state index contributed by atoms with van der Waals surface area (Å²) in [5.74, 6) is 0.507. The van der Waals surface area contributed by atoms with Gasteiger partial charge in [-0.05, 0) is 219 Å². The predicted molar refractivity (Wildman–Crippen MR) is 383 cm³/mol. The van der Waals surface area contributed by atoms with Crippen LogP contribution in [0.5, 0.6) is 0 Å². The lowest BCUT2D eigenvalue weighted by Gasteiger charge is -2.25. The smallest absolute Gasteiger partial charge is 0.0159 e. The van der Waals surface area contributed by atoms with E-state index in [0.717, 1.165) is 0 Å². The zero-order valence-electron chi connectivity index (χ0n) is 51.9. The Morgan fingerprint density at radius 1 is 0.225 bits per heavy atom. The molecule has 17 rings (SSSR count). The van der Waals surface area contributed by atoms with Gasteiger partial charge in [-0.15, -0.1) is 0 Å². The molecule has 0 N–H and O–H groups in total. The SMILES string of the molecule is Cc1ccc2c(-c3c4ccccc4c(-c4ccc5c(c4)C(C)(C)c4cc(-c6c7ccccc7c(-c7ccc(-c8ccc(C(C)C)cc8)cc7)c7ccccc67)ccc4-5)c4cc(C)ccc34)c3ccccc3c(-c3ccc4c(c3)C(C)(C)c3ccccc3-4)c2c1. The van der Waals surface area contributed by atoms with Crippen LogP contribution < -0.4 is 0 Å². The minimum atomic E-state index is -0.281. The van der Waals surface area contributed by atoms with E-state index in [4.69, 9.17) is 0 Å². The Hall–Kier alpha value is -10.1. The number of hydrogen-bond donors (Lipinski definition) is 0. The fraction of sp³-hybridized carbons (Fsp3) is 0.124. The fourth-order valence-corrected chi connectivity index (χ4v) is 16.3. The highest BCUT2D eigenvalue weighted by Crippen LogP contribution is 2.56. The summed E-state index contributed by atoms with van der Waals surface area (Å²) < 4.78 is 0. The number of aryl methyl sites for hydroxylation is 2. The first kappa shape index (κ1) is 53.1. The molecule has 0 nitrogen and oxygen atoms in total. The Morgan fingerprint density at radius 2 is 0.506 bits per heavy atom. The van der Waals surface area contributed by atoms with E-state index in [1.807, 2.05) is 0 Å². The monoisotopic (exact) mass is 1140 g/mol. The first-order valence-corrected chi connectivity index (χ1v) is 31.9. The van der Waals surface area contributed by atoms with Gasteiger partial charge in [0.05, 0.1) is 0 Å². The van der Waals surface area contributed by atoms with Crippen LogP contribution in [0.15, 0.2) is 261 Å². The van der Waals surface area contributed by atoms with E-state index >= 15 is 0 Å². The van der Waals surface area contributed by atoms with Crippen molar-refractivity contribution in [1.29, 1.82) is 0 Å². The molecule has 2 aliphatic rings. The normalized spacial score (nSPS) is 13.7. The molecule has 0 unspecified atom stereocenters. The molecule has 0 aliphatic heterocycles. The van der Waals surface area contributed by atoms with Crippen LogP contribution in [-0.2, 0) is 10.8 Å². The molecular weight excluding hydrogens is 1070 g/mol. The number of fused-ring (bicyclic) bond motifs is 12. The minimum absolute atomic E-state index is 0.111. The first-order valence-electron chi connectivity index (χ1n) is 31.9. The highest BCUT2D eigenvalue weighted by molar-refractivity contribution is 6.30. The van der Waals surface area contributed by atoms with Gasteiger partial charge >= 0.3 is 0 Å². The van der Waals surface area contributed by atoms with Gasteiger partial charge in [-0.25, -0.2) is 0 Å². The summed E-state index contributed by atoms with van der Waals surface area (Å²) in [6.45, 7) is 18.7. The van der Waals surface area contributed by atoms with E-state index in [1.165, 1.54) is 193 Å². The Morgan fingerprint density at radius 3 is 0.899 bits per heavy atom. The van der Waals surface area contributed by atoms with Crippen LogP contribution in [0.4, 0.5) is 0 Å². The number of hydrogen-bond acceptors (Lipinski definition) is 0. The van der Waals surface area contributed by atoms with Gasteiger partial charge < -0.3 is 0 Å². The maximum absolute atomic E-state index is 2.54. The topological polar surface area (TPSA) is 0 Å². The molecule has 0 radical (unpaired) electrons. The zero-order chi connectivity index (χ0) is 60.2. The molecule has 2 aliphatic carbocycles. The van der Waals surface area contributed by atoms with Crippen molar-refractivity contribution >= 4 is 64.6 Å². The van der Waals surface area contributed by atoms with Crippen LogP contribution in [0.25, 0.3) is 154 Å². The molecule has 89 heavy (non-hydrogen) atoms. The first-order chi connectivity index (χ1) is 43.3. The molecule has 0 heterocycles. The van der Waals surface area contributed by atoms with Gasteiger partial charge in [-0.1, -0.05) is 295 Å². The molecule has 424 valence electrons. The van der Waals surface area contributed by atoms with Crippen LogP contribution in [0.1, 0.15) is 86.4 Å². The molecule has 0 saturated carbocycles. The van der Waals surface area contributed by atoms with E-state index in [9.17, 15) is 0 Å². The lowest BCUT2D eigenvalue weighted by Crippen LogP contribution is -2.15. The van der Waals surface area contributed by atoms with Gasteiger partial charge in [0.2, 0.25) is 0 Å². The zero-order valence-corrected chi connectivity index (χ0v) is 51.9. The Kier molecular flexibility index (Phi) is 11.8. The molecule has 15 aromatic carbocycles. The second-order valence-electron chi connectivity index (χ2n) is 27.0. The lowest BCUT2D eigenvalue weighted by atomic mass is 9.78. The van der Waals surface area contributed by atoms with Gasteiger partial charge in [0.25, 0.3) is 0 Å². The standard InChI is InChI=1S/C89H68/c1-52(2)55-31-33-56(34-32-55)57-35-37-58(38-36-57)82-66-20-9-11-22-68(66)83(69-23-12-10-21-67(69)82)59-39-45-64-65-46-41-61(51-81(65)89(7,8)80(64)49-59)85-71-25-14-16-27-73(71)87(75-43-30-54(4)48-77(75)85)86-72-26-15-13-24-70(72)84(76-47-53(3)29-42-74(76)86)60-40-44-63-62-19-17-18-28-78(62)88(5,6)79(63)50-60/h9-52H,1-8H3. The summed E-state index contributed by atoms with van der Waals surface area (Å²) in [7, 11) is 0. The fourth-order valence-electron chi connectivity index (χ4n) is 16.3. The highest BCUT2D eigenvalue weighted by atomic mass is 14.4. The van der Waals surface area contributed by atoms with E-state index in [1.54, 1.807) is 0 Å². The molecular formula is C89H68. The van der Waals surface area contributed by atoms with E-state index in [-0.39, 0.29) is 10.8 Å². The van der Waals surface area contributed by atoms with Crippen molar-refractivity contribution in [3.63, 3.8) is 0 Å². The number of rotatable bonds is 7. The molecule has 0 aromatic heterocycles. The third-order valence-corrected chi connectivity index (χ3v) is 20.8. The average Bonchev–Trinajstić information content (AvgIpc) is 1.32. The predicted octanol–water partition coefficient (Wildman–Crippen LogP) is 25.0. The van der Waals surface area contributed by atoms with Crippen LogP contribution in [0.2, 0.25) is 0 Å². The highest BCUT2D eigenvalue weighted by Gasteiger charge is 2.38. The summed E-state index contributed by atoms with van der Waals surface area (Å²) in [4.78, 5) is 0. The van der Waals surface area contributed by atoms with Crippen molar-refractivity contribution in [2.24, 2.45) is 0 Å². The van der Waals surface area contributed by atoms with Crippen LogP contribution in [0.3, 0.4) is 0 Å². The summed E-state index contributed by atoms with van der Waals surface area (Å²) in [5.41, 5.74) is 29.5. The summed E-state index contributed by atoms with van der Waals surface area (Å²) in [6.07, 6.45) is 0. The second-order valence-corrected chi connectivity index (χ2v) is 27.0. The van der Waals surface area contributed by atoms with E-state index in [0.29, 0.717) is 5.92 Å². The molecule has 0 saturated heterocycles. The quantitative estimate of drug-likeness (QED) is 0.140. The molecule has 0 amide bonds. The maximum atomic E-state index is 2.54. The van der Waals surface area contributed by atoms with Crippen molar-refractivity contribution in [3.8, 4) is 89.0 Å². The van der Waals surface area contributed by atoms with Crippen molar-refractivity contribution < 1.29 is 0 Å². The molecule has 0 bridgehead atoms. The van der Waals surface area contributed by atoms with Gasteiger partial charge in [0.1, 0.15) is 0 Å². The average molecular weight is 1140 g/mol. The third kappa shape index (κ3) is 7.92. The van der Waals surface area contributed by atoms with Crippen LogP contribution in [0, 0.1) is 13.8 Å². The Balaban J connectivity index is 0.803. The molecule has 0 spiro atoms. The second kappa shape index (κ2) is 19.7. The Bertz CT molecular complexity index is 5450.